The molecule has 1 aromatic heterocycles. The van der Waals surface area contributed by atoms with Crippen LogP contribution in [-0.4, -0.2) is 34.4 Å². The van der Waals surface area contributed by atoms with Crippen molar-refractivity contribution in [3.05, 3.63) is 53.6 Å². The van der Waals surface area contributed by atoms with E-state index < -0.39 is 15.8 Å². The Morgan fingerprint density at radius 3 is 1.32 bits per heavy atom. The molecular formula is C28H43ClNOP2Ru+. The number of benzene rings is 2. The fraction of sp³-hybridized carbons (Fsp3) is 0.500. The number of nitrogens with zero attached hydrogens (tertiary/aromatic N) is 1. The summed E-state index contributed by atoms with van der Waals surface area (Å²) in [6, 6.07) is 16.0. The Morgan fingerprint density at radius 2 is 1.03 bits per heavy atom. The molecule has 0 N–H and O–H groups in total. The van der Waals surface area contributed by atoms with Crippen LogP contribution in [0, 0.1) is 0 Å². The summed E-state index contributed by atoms with van der Waals surface area (Å²) in [7, 11) is 3.69. The predicted octanol–water partition coefficient (Wildman–Crippen LogP) is 8.60. The Kier molecular flexibility index (Phi) is 14.5. The summed E-state index contributed by atoms with van der Waals surface area (Å²) < 4.78 is 0. The summed E-state index contributed by atoms with van der Waals surface area (Å²) in [4.78, 5) is 13.1. The fourth-order valence-electron chi connectivity index (χ4n) is 4.88. The van der Waals surface area contributed by atoms with Crippen LogP contribution in [0.1, 0.15) is 66.5 Å². The van der Waals surface area contributed by atoms with Crippen LogP contribution in [0.25, 0.3) is 21.8 Å². The normalized spacial score (nSPS) is 11.6. The third kappa shape index (κ3) is 8.31. The minimum atomic E-state index is -0.460. The molecule has 0 unspecified atom stereocenters. The van der Waals surface area contributed by atoms with Gasteiger partial charge in [0.2, 0.25) is 0 Å². The van der Waals surface area contributed by atoms with Gasteiger partial charge in [-0.2, -0.15) is 0 Å². The van der Waals surface area contributed by atoms with E-state index in [0.717, 1.165) is 22.6 Å². The summed E-state index contributed by atoms with van der Waals surface area (Å²) in [5.41, 5.74) is 8.52. The first-order chi connectivity index (χ1) is 16.2. The number of fused-ring (bicyclic) bond motifs is 2. The zero-order chi connectivity index (χ0) is 26.0. The number of hydrogen-bond donors (Lipinski definition) is 0. The van der Waals surface area contributed by atoms with E-state index in [2.05, 4.69) is 114 Å². The molecule has 0 saturated carbocycles. The zero-order valence-electron chi connectivity index (χ0n) is 22.0. The summed E-state index contributed by atoms with van der Waals surface area (Å²) >= 11 is 1.62. The van der Waals surface area contributed by atoms with E-state index >= 15 is 0 Å². The van der Waals surface area contributed by atoms with Gasteiger partial charge in [-0.15, -0.1) is 0 Å². The molecule has 3 aromatic rings. The first kappa shape index (κ1) is 31.6. The summed E-state index contributed by atoms with van der Waals surface area (Å²) in [5, 5.41) is 2.59. The summed E-state index contributed by atoms with van der Waals surface area (Å²) in [6.07, 6.45) is 2.43. The Hall–Kier alpha value is -0.447. The Bertz CT molecular complexity index is 933. The van der Waals surface area contributed by atoms with Crippen molar-refractivity contribution in [3.8, 4) is 0 Å². The number of aromatic nitrogens is 1. The number of rotatable bonds is 8. The SMILES string of the molecule is CC(C)[PH+](Cc1cccc2cc3cccc(C[PH+](C(C)C)C(C)C)c3nc12)C(C)C.[CH-]=O.[Cl][RuH]. The van der Waals surface area contributed by atoms with Crippen LogP contribution in [0.15, 0.2) is 42.5 Å². The summed E-state index contributed by atoms with van der Waals surface area (Å²) in [5.74, 6) is 0. The number of hydrogen-bond acceptors (Lipinski definition) is 2. The topological polar surface area (TPSA) is 30.0 Å². The number of para-hydroxylation sites is 2. The van der Waals surface area contributed by atoms with Gasteiger partial charge in [0.1, 0.15) is 0 Å². The van der Waals surface area contributed by atoms with Gasteiger partial charge >= 0.3 is 27.0 Å². The Labute approximate surface area is 224 Å². The molecule has 0 bridgehead atoms. The third-order valence-corrected chi connectivity index (χ3v) is 14.1. The number of carbonyl (C=O) groups excluding carboxylic acids is 1. The van der Waals surface area contributed by atoms with Gasteiger partial charge in [-0.3, -0.25) is 6.79 Å². The molecule has 0 amide bonds. The van der Waals surface area contributed by atoms with Crippen LogP contribution in [0.4, 0.5) is 0 Å². The molecule has 2 nitrogen and oxygen atoms in total. The fourth-order valence-corrected chi connectivity index (χ4v) is 10.6. The maximum atomic E-state index is 7.75. The Morgan fingerprint density at radius 1 is 0.706 bits per heavy atom. The van der Waals surface area contributed by atoms with Gasteiger partial charge in [0.15, 0.2) is 0 Å². The van der Waals surface area contributed by atoms with Crippen LogP contribution in [0.5, 0.6) is 0 Å². The second-order valence-electron chi connectivity index (χ2n) is 10.1. The van der Waals surface area contributed by atoms with Gasteiger partial charge < -0.3 is 4.79 Å². The first-order valence-electron chi connectivity index (χ1n) is 12.1. The van der Waals surface area contributed by atoms with Gasteiger partial charge in [0.05, 0.1) is 46.0 Å². The number of pyridine rings is 1. The molecule has 0 atom stereocenters. The molecule has 6 heteroatoms. The summed E-state index contributed by atoms with van der Waals surface area (Å²) in [6.45, 7) is 22.5. The van der Waals surface area contributed by atoms with Crippen molar-refractivity contribution >= 4 is 54.1 Å². The molecule has 0 radical (unpaired) electrons. The third-order valence-electron chi connectivity index (χ3n) is 6.59. The van der Waals surface area contributed by atoms with Crippen LogP contribution in [0.2, 0.25) is 0 Å². The van der Waals surface area contributed by atoms with Crippen molar-refractivity contribution in [3.63, 3.8) is 0 Å². The molecule has 0 aliphatic rings. The molecule has 3 rings (SSSR count). The van der Waals surface area contributed by atoms with Crippen molar-refractivity contribution in [1.82, 2.24) is 4.98 Å². The van der Waals surface area contributed by atoms with Crippen molar-refractivity contribution < 1.29 is 22.1 Å². The van der Waals surface area contributed by atoms with Crippen LogP contribution in [0.3, 0.4) is 0 Å². The standard InChI is InChI=1S/C27H39NP2.CHO.ClH.Ru.H/c1-18(2)29(19(3)4)16-24-13-9-11-22-15-23-12-10-14-25(27(23)28-26(22)24)17-30(20(5)6)21(7)8;1-2;;;/h9-15,18-21H,16-17H2,1-8H3;1H;1H;;/q;-1;;+1;/p+1. The van der Waals surface area contributed by atoms with E-state index in [0.29, 0.717) is 0 Å². The molecular weight excluding hydrogens is 565 g/mol. The van der Waals surface area contributed by atoms with E-state index in [1.165, 1.54) is 45.3 Å². The Balaban J connectivity index is 0.00000137. The van der Waals surface area contributed by atoms with E-state index in [9.17, 15) is 0 Å². The quantitative estimate of drug-likeness (QED) is 0.0844. The van der Waals surface area contributed by atoms with Crippen LogP contribution < -0.4 is 0 Å². The van der Waals surface area contributed by atoms with E-state index in [1.54, 1.807) is 17.3 Å². The van der Waals surface area contributed by atoms with E-state index in [1.807, 2.05) is 0 Å². The first-order valence-corrected chi connectivity index (χ1v) is 18.2. The van der Waals surface area contributed by atoms with Gasteiger partial charge in [-0.1, -0.05) is 36.4 Å². The monoisotopic (exact) mass is 608 g/mol. The minimum absolute atomic E-state index is 0.460. The molecule has 0 aliphatic carbocycles. The van der Waals surface area contributed by atoms with Crippen molar-refractivity contribution in [1.29, 1.82) is 0 Å². The van der Waals surface area contributed by atoms with Crippen molar-refractivity contribution in [2.75, 3.05) is 0 Å². The molecule has 2 aromatic carbocycles. The second-order valence-corrected chi connectivity index (χ2v) is 17.7. The molecule has 0 fully saturated rings. The van der Waals surface area contributed by atoms with Crippen molar-refractivity contribution in [2.45, 2.75) is 90.3 Å². The van der Waals surface area contributed by atoms with Gasteiger partial charge in [0, 0.05) is 37.7 Å². The molecule has 0 spiro atoms. The maximum absolute atomic E-state index is 7.75. The molecule has 34 heavy (non-hydrogen) atoms. The van der Waals surface area contributed by atoms with Gasteiger partial charge in [0.25, 0.3) is 0 Å². The number of halogens is 1. The van der Waals surface area contributed by atoms with Crippen LogP contribution in [-0.2, 0) is 34.4 Å². The molecule has 0 saturated heterocycles. The van der Waals surface area contributed by atoms with Gasteiger partial charge in [-0.05, 0) is 61.5 Å². The average molecular weight is 608 g/mol. The zero-order valence-corrected chi connectivity index (χ0v) is 26.6. The molecule has 0 aliphatic heterocycles. The molecule has 1 heterocycles. The average Bonchev–Trinajstić information content (AvgIpc) is 2.81. The van der Waals surface area contributed by atoms with Crippen molar-refractivity contribution in [2.24, 2.45) is 0 Å². The van der Waals surface area contributed by atoms with E-state index in [4.69, 9.17) is 9.78 Å². The predicted molar refractivity (Wildman–Crippen MR) is 158 cm³/mol. The van der Waals surface area contributed by atoms with Gasteiger partial charge in [-0.25, -0.2) is 4.98 Å². The molecule has 190 valence electrons. The van der Waals surface area contributed by atoms with Crippen LogP contribution >= 0.6 is 25.5 Å². The second kappa shape index (κ2) is 15.6. The van der Waals surface area contributed by atoms with E-state index in [-0.39, 0.29) is 0 Å².